The van der Waals surface area contributed by atoms with Crippen molar-refractivity contribution < 1.29 is 4.74 Å². The smallest absolute Gasteiger partial charge is 0.146 e. The van der Waals surface area contributed by atoms with Crippen LogP contribution in [-0.2, 0) is 24.9 Å². The first-order chi connectivity index (χ1) is 13.2. The fraction of sp³-hybridized carbons (Fsp3) is 0.632. The van der Waals surface area contributed by atoms with Gasteiger partial charge in [-0.05, 0) is 32.0 Å². The van der Waals surface area contributed by atoms with Gasteiger partial charge in [-0.15, -0.1) is 10.2 Å². The number of pyridine rings is 1. The number of nitrogens with zero attached hydrogens (tertiary/aromatic N) is 6. The minimum Gasteiger partial charge on any atom is -0.383 e. The van der Waals surface area contributed by atoms with Gasteiger partial charge in [0.2, 0.25) is 0 Å². The molecule has 2 N–H and O–H groups in total. The lowest BCUT2D eigenvalue weighted by atomic mass is 9.95. The second kappa shape index (κ2) is 8.33. The van der Waals surface area contributed by atoms with Crippen LogP contribution >= 0.6 is 0 Å². The van der Waals surface area contributed by atoms with Crippen LogP contribution in [0.2, 0.25) is 0 Å². The summed E-state index contributed by atoms with van der Waals surface area (Å²) in [6.45, 7) is 7.38. The highest BCUT2D eigenvalue weighted by atomic mass is 16.5. The minimum atomic E-state index is 0.475. The van der Waals surface area contributed by atoms with Gasteiger partial charge in [-0.3, -0.25) is 9.80 Å². The lowest BCUT2D eigenvalue weighted by Gasteiger charge is -2.31. The average molecular weight is 371 g/mol. The molecule has 2 aromatic rings. The number of rotatable bonds is 5. The zero-order valence-electron chi connectivity index (χ0n) is 16.0. The van der Waals surface area contributed by atoms with Crippen LogP contribution in [0.1, 0.15) is 36.0 Å². The van der Waals surface area contributed by atoms with Gasteiger partial charge in [-0.1, -0.05) is 6.07 Å². The molecular formula is C19H29N7O. The molecular weight excluding hydrogens is 342 g/mol. The first-order valence-electron chi connectivity index (χ1n) is 9.80. The van der Waals surface area contributed by atoms with Crippen molar-refractivity contribution >= 4 is 5.82 Å². The van der Waals surface area contributed by atoms with Crippen molar-refractivity contribution in [2.45, 2.75) is 31.8 Å². The van der Waals surface area contributed by atoms with Crippen LogP contribution < -0.4 is 5.73 Å². The quantitative estimate of drug-likeness (QED) is 0.839. The summed E-state index contributed by atoms with van der Waals surface area (Å²) in [5, 5.41) is 9.01. The third kappa shape index (κ3) is 4.28. The summed E-state index contributed by atoms with van der Waals surface area (Å²) in [6.07, 6.45) is 3.95. The Kier molecular flexibility index (Phi) is 5.66. The van der Waals surface area contributed by atoms with E-state index in [2.05, 4.69) is 42.7 Å². The second-order valence-electron chi connectivity index (χ2n) is 7.52. The predicted octanol–water partition coefficient (Wildman–Crippen LogP) is 1.00. The lowest BCUT2D eigenvalue weighted by molar-refractivity contribution is 0.0326. The molecule has 8 heteroatoms. The predicted molar refractivity (Wildman–Crippen MR) is 103 cm³/mol. The summed E-state index contributed by atoms with van der Waals surface area (Å²) in [5.74, 6) is 3.29. The van der Waals surface area contributed by atoms with Crippen LogP contribution in [-0.4, -0.2) is 68.9 Å². The molecule has 2 aliphatic rings. The molecule has 2 fully saturated rings. The van der Waals surface area contributed by atoms with Crippen molar-refractivity contribution in [2.75, 3.05) is 45.1 Å². The molecule has 2 saturated heterocycles. The van der Waals surface area contributed by atoms with E-state index in [0.717, 1.165) is 82.5 Å². The SMILES string of the molecule is Cn1c(CN2CCOCC2)nnc1C1CCN(Cc2cccnc2N)CC1. The molecule has 2 aliphatic heterocycles. The van der Waals surface area contributed by atoms with Crippen LogP contribution in [0, 0.1) is 0 Å². The number of piperidine rings is 1. The van der Waals surface area contributed by atoms with Gasteiger partial charge in [-0.2, -0.15) is 0 Å². The summed E-state index contributed by atoms with van der Waals surface area (Å²) >= 11 is 0. The molecule has 146 valence electrons. The van der Waals surface area contributed by atoms with Crippen LogP contribution in [0.4, 0.5) is 5.82 Å². The first kappa shape index (κ1) is 18.3. The zero-order valence-corrected chi connectivity index (χ0v) is 16.0. The Morgan fingerprint density at radius 1 is 1.07 bits per heavy atom. The number of aromatic nitrogens is 4. The standard InChI is InChI=1S/C19H29N7O/c1-24-17(14-26-9-11-27-12-10-26)22-23-19(24)15-4-7-25(8-5-15)13-16-3-2-6-21-18(16)20/h2-3,6,15H,4-5,7-14H2,1H3,(H2,20,21). The number of hydrogen-bond donors (Lipinski definition) is 1. The molecule has 0 bridgehead atoms. The summed E-state index contributed by atoms with van der Waals surface area (Å²) in [6, 6.07) is 4.02. The van der Waals surface area contributed by atoms with E-state index in [-0.39, 0.29) is 0 Å². The van der Waals surface area contributed by atoms with E-state index in [1.165, 1.54) is 0 Å². The molecule has 0 spiro atoms. The topological polar surface area (TPSA) is 85.3 Å². The van der Waals surface area contributed by atoms with E-state index < -0.39 is 0 Å². The van der Waals surface area contributed by atoms with Gasteiger partial charge in [-0.25, -0.2) is 4.98 Å². The van der Waals surface area contributed by atoms with E-state index in [4.69, 9.17) is 10.5 Å². The number of hydrogen-bond acceptors (Lipinski definition) is 7. The number of anilines is 1. The maximum absolute atomic E-state index is 5.98. The highest BCUT2D eigenvalue weighted by Gasteiger charge is 2.26. The van der Waals surface area contributed by atoms with E-state index >= 15 is 0 Å². The van der Waals surface area contributed by atoms with Crippen molar-refractivity contribution in [3.63, 3.8) is 0 Å². The molecule has 0 amide bonds. The number of ether oxygens (including phenoxy) is 1. The number of likely N-dealkylation sites (tertiary alicyclic amines) is 1. The third-order valence-corrected chi connectivity index (χ3v) is 5.74. The Hall–Kier alpha value is -2.03. The molecule has 2 aromatic heterocycles. The van der Waals surface area contributed by atoms with Crippen LogP contribution in [0.25, 0.3) is 0 Å². The Labute approximate surface area is 160 Å². The molecule has 8 nitrogen and oxygen atoms in total. The summed E-state index contributed by atoms with van der Waals surface area (Å²) in [5.41, 5.74) is 7.10. The van der Waals surface area contributed by atoms with E-state index in [1.807, 2.05) is 6.07 Å². The van der Waals surface area contributed by atoms with Gasteiger partial charge in [0.05, 0.1) is 19.8 Å². The van der Waals surface area contributed by atoms with Gasteiger partial charge in [0.15, 0.2) is 0 Å². The van der Waals surface area contributed by atoms with Gasteiger partial charge in [0.25, 0.3) is 0 Å². The third-order valence-electron chi connectivity index (χ3n) is 5.74. The summed E-state index contributed by atoms with van der Waals surface area (Å²) in [4.78, 5) is 9.03. The molecule has 0 atom stereocenters. The summed E-state index contributed by atoms with van der Waals surface area (Å²) < 4.78 is 7.63. The molecule has 4 rings (SSSR count). The molecule has 0 aliphatic carbocycles. The van der Waals surface area contributed by atoms with Crippen molar-refractivity contribution in [3.05, 3.63) is 35.5 Å². The van der Waals surface area contributed by atoms with E-state index in [0.29, 0.717) is 11.7 Å². The molecule has 0 unspecified atom stereocenters. The second-order valence-corrected chi connectivity index (χ2v) is 7.52. The van der Waals surface area contributed by atoms with Crippen LogP contribution in [0.15, 0.2) is 18.3 Å². The molecule has 4 heterocycles. The fourth-order valence-corrected chi connectivity index (χ4v) is 4.00. The maximum Gasteiger partial charge on any atom is 0.146 e. The van der Waals surface area contributed by atoms with Crippen molar-refractivity contribution in [2.24, 2.45) is 7.05 Å². The molecule has 0 aromatic carbocycles. The maximum atomic E-state index is 5.98. The van der Waals surface area contributed by atoms with E-state index in [9.17, 15) is 0 Å². The highest BCUT2D eigenvalue weighted by molar-refractivity contribution is 5.38. The zero-order chi connectivity index (χ0) is 18.6. The first-order valence-corrected chi connectivity index (χ1v) is 9.80. The highest BCUT2D eigenvalue weighted by Crippen LogP contribution is 2.28. The van der Waals surface area contributed by atoms with Gasteiger partial charge in [0, 0.05) is 44.4 Å². The van der Waals surface area contributed by atoms with Crippen molar-refractivity contribution in [3.8, 4) is 0 Å². The minimum absolute atomic E-state index is 0.475. The van der Waals surface area contributed by atoms with Crippen molar-refractivity contribution in [1.29, 1.82) is 0 Å². The monoisotopic (exact) mass is 371 g/mol. The summed E-state index contributed by atoms with van der Waals surface area (Å²) in [7, 11) is 2.10. The van der Waals surface area contributed by atoms with Gasteiger partial charge in [0.1, 0.15) is 17.5 Å². The van der Waals surface area contributed by atoms with E-state index in [1.54, 1.807) is 6.20 Å². The van der Waals surface area contributed by atoms with Crippen LogP contribution in [0.5, 0.6) is 0 Å². The molecule has 0 radical (unpaired) electrons. The largest absolute Gasteiger partial charge is 0.383 e. The normalized spacial score (nSPS) is 20.2. The number of nitrogen functional groups attached to an aromatic ring is 1. The Balaban J connectivity index is 1.33. The average Bonchev–Trinajstić information content (AvgIpc) is 3.05. The fourth-order valence-electron chi connectivity index (χ4n) is 4.00. The number of nitrogens with two attached hydrogens (primary N) is 1. The molecule has 0 saturated carbocycles. The Bertz CT molecular complexity index is 748. The van der Waals surface area contributed by atoms with Crippen LogP contribution in [0.3, 0.4) is 0 Å². The van der Waals surface area contributed by atoms with Gasteiger partial charge >= 0.3 is 0 Å². The Morgan fingerprint density at radius 3 is 2.56 bits per heavy atom. The Morgan fingerprint density at radius 2 is 1.81 bits per heavy atom. The number of morpholine rings is 1. The van der Waals surface area contributed by atoms with Crippen molar-refractivity contribution in [1.82, 2.24) is 29.5 Å². The van der Waals surface area contributed by atoms with Gasteiger partial charge < -0.3 is 15.0 Å². The lowest BCUT2D eigenvalue weighted by Crippen LogP contribution is -2.36. The molecule has 27 heavy (non-hydrogen) atoms.